The van der Waals surface area contributed by atoms with Gasteiger partial charge in [-0.2, -0.15) is 0 Å². The molecule has 0 N–H and O–H groups in total. The molecule has 0 bridgehead atoms. The van der Waals surface area contributed by atoms with Crippen molar-refractivity contribution in [2.45, 2.75) is 25.9 Å². The van der Waals surface area contributed by atoms with Crippen LogP contribution in [0.5, 0.6) is 0 Å². The van der Waals surface area contributed by atoms with Gasteiger partial charge >= 0.3 is 5.97 Å². The van der Waals surface area contributed by atoms with Crippen molar-refractivity contribution in [3.8, 4) is 0 Å². The van der Waals surface area contributed by atoms with Gasteiger partial charge in [-0.15, -0.1) is 0 Å². The van der Waals surface area contributed by atoms with E-state index in [0.717, 1.165) is 34.8 Å². The maximum Gasteiger partial charge on any atom is 0.338 e. The molecule has 4 nitrogen and oxygen atoms in total. The minimum Gasteiger partial charge on any atom is -0.457 e. The van der Waals surface area contributed by atoms with Crippen molar-refractivity contribution in [1.82, 2.24) is 4.98 Å². The van der Waals surface area contributed by atoms with E-state index in [1.54, 1.807) is 0 Å². The highest BCUT2D eigenvalue weighted by Gasteiger charge is 2.17. The van der Waals surface area contributed by atoms with Gasteiger partial charge in [0.25, 0.3) is 0 Å². The number of hydrogen-bond donors (Lipinski definition) is 0. The average molecular weight is 396 g/mol. The van der Waals surface area contributed by atoms with Gasteiger partial charge in [-0.05, 0) is 59.9 Å². The van der Waals surface area contributed by atoms with Crippen molar-refractivity contribution in [2.75, 3.05) is 18.0 Å². The second-order valence-electron chi connectivity index (χ2n) is 7.86. The summed E-state index contributed by atoms with van der Waals surface area (Å²) in [5, 5.41) is 4.50. The molecule has 5 rings (SSSR count). The Morgan fingerprint density at radius 1 is 0.900 bits per heavy atom. The van der Waals surface area contributed by atoms with Gasteiger partial charge in [0, 0.05) is 41.9 Å². The van der Waals surface area contributed by atoms with Crippen LogP contribution in [0.25, 0.3) is 21.5 Å². The Balaban J connectivity index is 1.51. The van der Waals surface area contributed by atoms with E-state index >= 15 is 0 Å². The van der Waals surface area contributed by atoms with Crippen molar-refractivity contribution in [3.63, 3.8) is 0 Å². The largest absolute Gasteiger partial charge is 0.457 e. The van der Waals surface area contributed by atoms with Crippen LogP contribution in [0.15, 0.2) is 73.1 Å². The lowest BCUT2D eigenvalue weighted by atomic mass is 9.98. The van der Waals surface area contributed by atoms with Gasteiger partial charge in [-0.1, -0.05) is 36.4 Å². The van der Waals surface area contributed by atoms with Gasteiger partial charge in [-0.3, -0.25) is 4.98 Å². The molecule has 0 unspecified atom stereocenters. The smallest absolute Gasteiger partial charge is 0.338 e. The topological polar surface area (TPSA) is 42.4 Å². The molecule has 0 amide bonds. The summed E-state index contributed by atoms with van der Waals surface area (Å²) in [6.45, 7) is 2.42. The van der Waals surface area contributed by atoms with Crippen molar-refractivity contribution in [2.24, 2.45) is 0 Å². The highest BCUT2D eigenvalue weighted by molar-refractivity contribution is 6.13. The van der Waals surface area contributed by atoms with Crippen molar-refractivity contribution < 1.29 is 9.53 Å². The van der Waals surface area contributed by atoms with Crippen LogP contribution in [-0.4, -0.2) is 24.0 Å². The Bertz CT molecular complexity index is 1200. The van der Waals surface area contributed by atoms with E-state index < -0.39 is 0 Å². The summed E-state index contributed by atoms with van der Waals surface area (Å²) >= 11 is 0. The molecule has 1 saturated heterocycles. The van der Waals surface area contributed by atoms with Crippen molar-refractivity contribution in [3.05, 3.63) is 84.2 Å². The summed E-state index contributed by atoms with van der Waals surface area (Å²) < 4.78 is 5.54. The highest BCUT2D eigenvalue weighted by atomic mass is 16.5. The molecule has 1 aliphatic heterocycles. The molecule has 4 aromatic rings. The Labute approximate surface area is 176 Å². The maximum absolute atomic E-state index is 12.7. The summed E-state index contributed by atoms with van der Waals surface area (Å²) in [5.41, 5.74) is 2.79. The van der Waals surface area contributed by atoms with Gasteiger partial charge in [-0.25, -0.2) is 4.79 Å². The standard InChI is InChI=1S/C26H24N2O2/c29-26(30-18-19-7-3-1-4-8-19)20-9-10-22-21(15-20)16-25(28-13-5-2-6-14-28)23-11-12-27-17-24(22)23/h1,3-4,7-12,15-17H,2,5-6,13-14,18H2. The van der Waals surface area contributed by atoms with E-state index in [9.17, 15) is 4.79 Å². The molecular formula is C26H24N2O2. The SMILES string of the molecule is O=C(OCc1ccccc1)c1ccc2c(c1)cc(N1CCCCC1)c1ccncc12. The maximum atomic E-state index is 12.7. The molecule has 3 aromatic carbocycles. The quantitative estimate of drug-likeness (QED) is 0.326. The first kappa shape index (κ1) is 18.6. The number of aromatic nitrogens is 1. The Kier molecular flexibility index (Phi) is 5.06. The molecule has 1 fully saturated rings. The first-order valence-electron chi connectivity index (χ1n) is 10.6. The zero-order chi connectivity index (χ0) is 20.3. The van der Waals surface area contributed by atoms with Crippen LogP contribution in [0.1, 0.15) is 35.2 Å². The number of piperidine rings is 1. The molecule has 30 heavy (non-hydrogen) atoms. The third-order valence-electron chi connectivity index (χ3n) is 5.88. The lowest BCUT2D eigenvalue weighted by Gasteiger charge is -2.30. The van der Waals surface area contributed by atoms with Crippen LogP contribution in [0.3, 0.4) is 0 Å². The fourth-order valence-electron chi connectivity index (χ4n) is 4.31. The van der Waals surface area contributed by atoms with Crippen molar-refractivity contribution in [1.29, 1.82) is 0 Å². The molecule has 0 radical (unpaired) electrons. The number of carbonyl (C=O) groups excluding carboxylic acids is 1. The summed E-state index contributed by atoms with van der Waals surface area (Å²) in [6, 6.07) is 19.9. The Morgan fingerprint density at radius 2 is 1.73 bits per heavy atom. The van der Waals surface area contributed by atoms with Crippen LogP contribution in [-0.2, 0) is 11.3 Å². The molecule has 2 heterocycles. The van der Waals surface area contributed by atoms with E-state index in [1.165, 1.54) is 30.3 Å². The van der Waals surface area contributed by atoms with Gasteiger partial charge in [0.15, 0.2) is 0 Å². The molecule has 0 spiro atoms. The zero-order valence-electron chi connectivity index (χ0n) is 16.9. The predicted octanol–water partition coefficient (Wildman–Crippen LogP) is 5.74. The van der Waals surface area contributed by atoms with Gasteiger partial charge in [0.2, 0.25) is 0 Å². The highest BCUT2D eigenvalue weighted by Crippen LogP contribution is 2.35. The van der Waals surface area contributed by atoms with Crippen LogP contribution >= 0.6 is 0 Å². The molecule has 0 saturated carbocycles. The molecule has 150 valence electrons. The summed E-state index contributed by atoms with van der Waals surface area (Å²) in [7, 11) is 0. The minimum atomic E-state index is -0.299. The van der Waals surface area contributed by atoms with Crippen LogP contribution in [0.4, 0.5) is 5.69 Å². The number of carbonyl (C=O) groups is 1. The van der Waals surface area contributed by atoms with Crippen LogP contribution < -0.4 is 4.90 Å². The number of pyridine rings is 1. The number of fused-ring (bicyclic) bond motifs is 3. The number of ether oxygens (including phenoxy) is 1. The summed E-state index contributed by atoms with van der Waals surface area (Å²) in [4.78, 5) is 19.5. The van der Waals surface area contributed by atoms with Gasteiger partial charge < -0.3 is 9.64 Å². The lowest BCUT2D eigenvalue weighted by molar-refractivity contribution is 0.0473. The summed E-state index contributed by atoms with van der Waals surface area (Å²) in [5.74, 6) is -0.299. The Hall–Kier alpha value is -3.40. The third kappa shape index (κ3) is 3.61. The molecular weight excluding hydrogens is 372 g/mol. The molecule has 4 heteroatoms. The van der Waals surface area contributed by atoms with E-state index in [2.05, 4.69) is 22.0 Å². The zero-order valence-corrected chi connectivity index (χ0v) is 16.9. The number of anilines is 1. The fraction of sp³-hybridized carbons (Fsp3) is 0.231. The number of benzene rings is 3. The van der Waals surface area contributed by atoms with E-state index in [4.69, 9.17) is 4.74 Å². The fourth-order valence-corrected chi connectivity index (χ4v) is 4.31. The average Bonchev–Trinajstić information content (AvgIpc) is 2.83. The molecule has 1 aliphatic rings. The van der Waals surface area contributed by atoms with E-state index in [0.29, 0.717) is 5.56 Å². The predicted molar refractivity (Wildman–Crippen MR) is 121 cm³/mol. The second kappa shape index (κ2) is 8.15. The number of rotatable bonds is 4. The van der Waals surface area contributed by atoms with Crippen LogP contribution in [0.2, 0.25) is 0 Å². The number of nitrogens with zero attached hydrogens (tertiary/aromatic N) is 2. The monoisotopic (exact) mass is 396 g/mol. The molecule has 0 aliphatic carbocycles. The van der Waals surface area contributed by atoms with E-state index in [-0.39, 0.29) is 12.6 Å². The van der Waals surface area contributed by atoms with Crippen LogP contribution in [0, 0.1) is 0 Å². The normalized spacial score (nSPS) is 14.2. The second-order valence-corrected chi connectivity index (χ2v) is 7.86. The number of hydrogen-bond acceptors (Lipinski definition) is 4. The number of esters is 1. The minimum absolute atomic E-state index is 0.276. The molecule has 0 atom stereocenters. The third-order valence-corrected chi connectivity index (χ3v) is 5.88. The van der Waals surface area contributed by atoms with E-state index in [1.807, 2.05) is 60.9 Å². The molecule has 1 aromatic heterocycles. The first-order valence-corrected chi connectivity index (χ1v) is 10.6. The summed E-state index contributed by atoms with van der Waals surface area (Å²) in [6.07, 6.45) is 7.52. The Morgan fingerprint density at radius 3 is 2.57 bits per heavy atom. The van der Waals surface area contributed by atoms with Crippen molar-refractivity contribution >= 4 is 33.2 Å². The van der Waals surface area contributed by atoms with Gasteiger partial charge in [0.1, 0.15) is 6.61 Å². The lowest BCUT2D eigenvalue weighted by Crippen LogP contribution is -2.29. The van der Waals surface area contributed by atoms with Gasteiger partial charge in [0.05, 0.1) is 5.56 Å². The first-order chi connectivity index (χ1) is 14.8.